The van der Waals surface area contributed by atoms with Crippen LogP contribution in [0, 0.1) is 0 Å². The molecule has 156 valence electrons. The monoisotopic (exact) mass is 397 g/mol. The van der Waals surface area contributed by atoms with E-state index in [-0.39, 0.29) is 11.9 Å². The summed E-state index contributed by atoms with van der Waals surface area (Å²) in [6.07, 6.45) is 0.866. The number of rotatable bonds is 7. The summed E-state index contributed by atoms with van der Waals surface area (Å²) in [5.41, 5.74) is 3.03. The lowest BCUT2D eigenvalue weighted by Gasteiger charge is -2.30. The summed E-state index contributed by atoms with van der Waals surface area (Å²) in [5, 5.41) is 3.43. The second kappa shape index (κ2) is 9.22. The molecule has 1 aliphatic heterocycles. The molecule has 0 saturated carbocycles. The van der Waals surface area contributed by atoms with E-state index in [1.165, 1.54) is 18.2 Å². The number of benzene rings is 1. The van der Waals surface area contributed by atoms with Gasteiger partial charge in [0.1, 0.15) is 17.5 Å². The van der Waals surface area contributed by atoms with Crippen molar-refractivity contribution in [3.8, 4) is 0 Å². The van der Waals surface area contributed by atoms with Crippen molar-refractivity contribution < 1.29 is 9.53 Å². The Kier molecular flexibility index (Phi) is 6.69. The van der Waals surface area contributed by atoms with E-state index in [0.717, 1.165) is 50.1 Å². The van der Waals surface area contributed by atoms with Gasteiger partial charge >= 0.3 is 5.97 Å². The summed E-state index contributed by atoms with van der Waals surface area (Å²) in [6.45, 7) is 7.62. The molecule has 1 aromatic heterocycles. The topological polar surface area (TPSA) is 70.6 Å². The predicted molar refractivity (Wildman–Crippen MR) is 116 cm³/mol. The van der Waals surface area contributed by atoms with Crippen LogP contribution < -0.4 is 10.2 Å². The first-order chi connectivity index (χ1) is 13.9. The molecule has 0 aliphatic carbocycles. The zero-order valence-corrected chi connectivity index (χ0v) is 18.0. The third-order valence-corrected chi connectivity index (χ3v) is 5.08. The third-order valence-electron chi connectivity index (χ3n) is 5.08. The van der Waals surface area contributed by atoms with Crippen molar-refractivity contribution in [2.75, 3.05) is 51.1 Å². The SMILES string of the molecule is COC(=O)c1ccc2c(c1)CCN(c1cc(NCCN(C)C)nc(C(C)C)n1)C2. The van der Waals surface area contributed by atoms with Gasteiger partial charge in [0.25, 0.3) is 0 Å². The molecule has 1 aromatic carbocycles. The molecular formula is C22H31N5O2. The fourth-order valence-electron chi connectivity index (χ4n) is 3.36. The van der Waals surface area contributed by atoms with Crippen molar-refractivity contribution in [1.29, 1.82) is 0 Å². The van der Waals surface area contributed by atoms with Crippen molar-refractivity contribution in [1.82, 2.24) is 14.9 Å². The smallest absolute Gasteiger partial charge is 0.337 e. The van der Waals surface area contributed by atoms with Gasteiger partial charge in [-0.3, -0.25) is 0 Å². The van der Waals surface area contributed by atoms with Gasteiger partial charge in [-0.1, -0.05) is 19.9 Å². The van der Waals surface area contributed by atoms with Gasteiger partial charge in [0.2, 0.25) is 0 Å². The number of esters is 1. The van der Waals surface area contributed by atoms with Crippen LogP contribution in [0.15, 0.2) is 24.3 Å². The highest BCUT2D eigenvalue weighted by Crippen LogP contribution is 2.27. The zero-order valence-electron chi connectivity index (χ0n) is 18.0. The number of anilines is 2. The van der Waals surface area contributed by atoms with Gasteiger partial charge in [0.05, 0.1) is 12.7 Å². The second-order valence-corrected chi connectivity index (χ2v) is 8.00. The molecule has 3 rings (SSSR count). The van der Waals surface area contributed by atoms with Crippen LogP contribution in [-0.4, -0.2) is 61.7 Å². The van der Waals surface area contributed by atoms with Gasteiger partial charge in [-0.2, -0.15) is 0 Å². The third kappa shape index (κ3) is 5.23. The minimum Gasteiger partial charge on any atom is -0.465 e. The molecule has 0 radical (unpaired) electrons. The van der Waals surface area contributed by atoms with E-state index in [0.29, 0.717) is 5.56 Å². The number of carbonyl (C=O) groups excluding carboxylic acids is 1. The molecule has 0 spiro atoms. The Morgan fingerprint density at radius 3 is 2.72 bits per heavy atom. The number of methoxy groups -OCH3 is 1. The van der Waals surface area contributed by atoms with Crippen molar-refractivity contribution in [2.45, 2.75) is 32.7 Å². The van der Waals surface area contributed by atoms with Crippen LogP contribution in [0.25, 0.3) is 0 Å². The fourth-order valence-corrected chi connectivity index (χ4v) is 3.36. The summed E-state index contributed by atoms with van der Waals surface area (Å²) < 4.78 is 4.84. The van der Waals surface area contributed by atoms with Gasteiger partial charge in [-0.05, 0) is 43.8 Å². The summed E-state index contributed by atoms with van der Waals surface area (Å²) >= 11 is 0. The number of hydrogen-bond donors (Lipinski definition) is 1. The number of aromatic nitrogens is 2. The molecule has 0 unspecified atom stereocenters. The van der Waals surface area contributed by atoms with Crippen LogP contribution in [0.4, 0.5) is 11.6 Å². The molecule has 0 fully saturated rings. The Hall–Kier alpha value is -2.67. The first-order valence-electron chi connectivity index (χ1n) is 10.1. The van der Waals surface area contributed by atoms with Gasteiger partial charge in [-0.15, -0.1) is 0 Å². The van der Waals surface area contributed by atoms with Gasteiger partial charge < -0.3 is 19.9 Å². The Morgan fingerprint density at radius 1 is 1.24 bits per heavy atom. The molecule has 1 aliphatic rings. The van der Waals surface area contributed by atoms with Crippen LogP contribution in [-0.2, 0) is 17.7 Å². The largest absolute Gasteiger partial charge is 0.465 e. The van der Waals surface area contributed by atoms with E-state index in [9.17, 15) is 4.79 Å². The zero-order chi connectivity index (χ0) is 21.0. The minimum absolute atomic E-state index is 0.254. The number of likely N-dealkylation sites (N-methyl/N-ethyl adjacent to an activating group) is 1. The maximum absolute atomic E-state index is 11.8. The fraction of sp³-hybridized carbons (Fsp3) is 0.500. The molecule has 29 heavy (non-hydrogen) atoms. The standard InChI is InChI=1S/C22H31N5O2/c1-15(2)21-24-19(23-9-11-26(3)4)13-20(25-21)27-10-8-16-12-17(22(28)29-5)6-7-18(16)14-27/h6-7,12-13,15H,8-11,14H2,1-5H3,(H,23,24,25). The van der Waals surface area contributed by atoms with Crippen LogP contribution in [0.1, 0.15) is 47.1 Å². The second-order valence-electron chi connectivity index (χ2n) is 8.00. The quantitative estimate of drug-likeness (QED) is 0.720. The van der Waals surface area contributed by atoms with Crippen LogP contribution in [0.3, 0.4) is 0 Å². The lowest BCUT2D eigenvalue weighted by atomic mass is 9.97. The number of fused-ring (bicyclic) bond motifs is 1. The van der Waals surface area contributed by atoms with E-state index in [2.05, 4.69) is 43.1 Å². The molecule has 2 heterocycles. The van der Waals surface area contributed by atoms with Crippen molar-refractivity contribution in [3.63, 3.8) is 0 Å². The number of carbonyl (C=O) groups is 1. The summed E-state index contributed by atoms with van der Waals surface area (Å²) in [7, 11) is 5.53. The Morgan fingerprint density at radius 2 is 2.03 bits per heavy atom. The van der Waals surface area contributed by atoms with Gasteiger partial charge in [-0.25, -0.2) is 14.8 Å². The molecule has 7 heteroatoms. The Bertz CT molecular complexity index is 866. The predicted octanol–water partition coefficient (Wildman–Crippen LogP) is 2.92. The van der Waals surface area contributed by atoms with Crippen molar-refractivity contribution in [3.05, 3.63) is 46.8 Å². The minimum atomic E-state index is -0.291. The normalized spacial score (nSPS) is 13.6. The molecule has 0 bridgehead atoms. The van der Waals surface area contributed by atoms with E-state index >= 15 is 0 Å². The van der Waals surface area contributed by atoms with Gasteiger partial charge in [0.15, 0.2) is 0 Å². The summed E-state index contributed by atoms with van der Waals surface area (Å²) in [6, 6.07) is 7.85. The van der Waals surface area contributed by atoms with Crippen LogP contribution in [0.5, 0.6) is 0 Å². The molecule has 0 atom stereocenters. The van der Waals surface area contributed by atoms with E-state index in [1.807, 2.05) is 24.3 Å². The highest BCUT2D eigenvalue weighted by Gasteiger charge is 2.21. The molecule has 0 saturated heterocycles. The van der Waals surface area contributed by atoms with Crippen molar-refractivity contribution in [2.24, 2.45) is 0 Å². The average Bonchev–Trinajstić information content (AvgIpc) is 2.71. The number of nitrogens with one attached hydrogen (secondary N) is 1. The van der Waals surface area contributed by atoms with Gasteiger partial charge in [0, 0.05) is 38.2 Å². The maximum Gasteiger partial charge on any atom is 0.337 e. The average molecular weight is 398 g/mol. The van der Waals surface area contributed by atoms with Crippen LogP contribution in [0.2, 0.25) is 0 Å². The molecule has 7 nitrogen and oxygen atoms in total. The Labute approximate surface area is 173 Å². The first-order valence-corrected chi connectivity index (χ1v) is 10.1. The molecule has 1 N–H and O–H groups in total. The summed E-state index contributed by atoms with van der Waals surface area (Å²) in [4.78, 5) is 25.7. The molecular weight excluding hydrogens is 366 g/mol. The van der Waals surface area contributed by atoms with Crippen molar-refractivity contribution >= 4 is 17.6 Å². The maximum atomic E-state index is 11.8. The molecule has 2 aromatic rings. The molecule has 0 amide bonds. The first kappa shape index (κ1) is 21.0. The number of hydrogen-bond acceptors (Lipinski definition) is 7. The summed E-state index contributed by atoms with van der Waals surface area (Å²) in [5.74, 6) is 2.62. The highest BCUT2D eigenvalue weighted by atomic mass is 16.5. The van der Waals surface area contributed by atoms with E-state index < -0.39 is 0 Å². The lowest BCUT2D eigenvalue weighted by Crippen LogP contribution is -2.32. The van der Waals surface area contributed by atoms with E-state index in [1.54, 1.807) is 0 Å². The lowest BCUT2D eigenvalue weighted by molar-refractivity contribution is 0.0600. The Balaban J connectivity index is 1.81. The number of ether oxygens (including phenoxy) is 1. The highest BCUT2D eigenvalue weighted by molar-refractivity contribution is 5.89. The number of nitrogens with zero attached hydrogens (tertiary/aromatic N) is 4. The van der Waals surface area contributed by atoms with Crippen LogP contribution >= 0.6 is 0 Å². The van der Waals surface area contributed by atoms with E-state index in [4.69, 9.17) is 14.7 Å².